The highest BCUT2D eigenvalue weighted by Crippen LogP contribution is 2.23. The van der Waals surface area contributed by atoms with Crippen LogP contribution in [0, 0.1) is 12.8 Å². The molecule has 1 saturated heterocycles. The Morgan fingerprint density at radius 1 is 1.15 bits per heavy atom. The standard InChI is InChI=1S/C21H31ClN4/c1-17-20(21(22)25(3)23-17)16-26(14-11-18-7-5-4-6-8-18)15-19-9-12-24(2)13-10-19/h4-8,19H,9-16H2,1-3H3. The van der Waals surface area contributed by atoms with E-state index in [-0.39, 0.29) is 0 Å². The van der Waals surface area contributed by atoms with Crippen molar-refractivity contribution in [3.05, 3.63) is 52.3 Å². The molecule has 0 bridgehead atoms. The van der Waals surface area contributed by atoms with Gasteiger partial charge in [0, 0.05) is 32.2 Å². The molecule has 0 atom stereocenters. The Hall–Kier alpha value is -1.36. The fraction of sp³-hybridized carbons (Fsp3) is 0.571. The molecular formula is C21H31ClN4. The molecule has 1 aliphatic heterocycles. The number of benzene rings is 1. The molecule has 2 aromatic rings. The third-order valence-corrected chi connectivity index (χ3v) is 6.04. The van der Waals surface area contributed by atoms with E-state index in [0.717, 1.165) is 42.8 Å². The van der Waals surface area contributed by atoms with E-state index >= 15 is 0 Å². The van der Waals surface area contributed by atoms with Crippen molar-refractivity contribution in [1.29, 1.82) is 0 Å². The molecule has 0 unspecified atom stereocenters. The van der Waals surface area contributed by atoms with Crippen LogP contribution in [0.25, 0.3) is 0 Å². The minimum Gasteiger partial charge on any atom is -0.306 e. The summed E-state index contributed by atoms with van der Waals surface area (Å²) < 4.78 is 1.79. The normalized spacial score (nSPS) is 16.5. The van der Waals surface area contributed by atoms with Crippen LogP contribution in [-0.2, 0) is 20.0 Å². The first-order valence-electron chi connectivity index (χ1n) is 9.65. The quantitative estimate of drug-likeness (QED) is 0.737. The molecule has 0 saturated carbocycles. The lowest BCUT2D eigenvalue weighted by Crippen LogP contribution is -2.37. The number of hydrogen-bond donors (Lipinski definition) is 0. The van der Waals surface area contributed by atoms with E-state index in [0.29, 0.717) is 0 Å². The minimum absolute atomic E-state index is 0.774. The molecule has 5 heteroatoms. The Labute approximate surface area is 162 Å². The zero-order valence-electron chi connectivity index (χ0n) is 16.3. The summed E-state index contributed by atoms with van der Waals surface area (Å²) in [7, 11) is 4.15. The maximum absolute atomic E-state index is 6.50. The van der Waals surface area contributed by atoms with E-state index in [9.17, 15) is 0 Å². The van der Waals surface area contributed by atoms with E-state index < -0.39 is 0 Å². The second-order valence-corrected chi connectivity index (χ2v) is 8.05. The van der Waals surface area contributed by atoms with Crippen LogP contribution >= 0.6 is 11.6 Å². The first-order chi connectivity index (χ1) is 12.5. The molecule has 1 aromatic carbocycles. The zero-order chi connectivity index (χ0) is 18.5. The van der Waals surface area contributed by atoms with Crippen LogP contribution in [0.15, 0.2) is 30.3 Å². The number of halogens is 1. The summed E-state index contributed by atoms with van der Waals surface area (Å²) in [5.41, 5.74) is 3.62. The maximum atomic E-state index is 6.50. The zero-order valence-corrected chi connectivity index (χ0v) is 17.0. The molecule has 3 rings (SSSR count). The Balaban J connectivity index is 1.68. The summed E-state index contributed by atoms with van der Waals surface area (Å²) in [4.78, 5) is 5.02. The highest BCUT2D eigenvalue weighted by atomic mass is 35.5. The Kier molecular flexibility index (Phi) is 6.74. The molecule has 1 fully saturated rings. The predicted octanol–water partition coefficient (Wildman–Crippen LogP) is 3.77. The lowest BCUT2D eigenvalue weighted by atomic mass is 9.96. The number of likely N-dealkylation sites (tertiary alicyclic amines) is 1. The lowest BCUT2D eigenvalue weighted by molar-refractivity contribution is 0.156. The van der Waals surface area contributed by atoms with Crippen LogP contribution < -0.4 is 0 Å². The summed E-state index contributed by atoms with van der Waals surface area (Å²) in [6.07, 6.45) is 3.65. The molecule has 0 radical (unpaired) electrons. The average molecular weight is 375 g/mol. The van der Waals surface area contributed by atoms with Gasteiger partial charge in [0.25, 0.3) is 0 Å². The van der Waals surface area contributed by atoms with Gasteiger partial charge in [-0.1, -0.05) is 41.9 Å². The van der Waals surface area contributed by atoms with Crippen molar-refractivity contribution in [2.45, 2.75) is 32.7 Å². The largest absolute Gasteiger partial charge is 0.306 e. The van der Waals surface area contributed by atoms with E-state index in [1.807, 2.05) is 7.05 Å². The predicted molar refractivity (Wildman–Crippen MR) is 109 cm³/mol. The Morgan fingerprint density at radius 3 is 2.46 bits per heavy atom. The van der Waals surface area contributed by atoms with Gasteiger partial charge < -0.3 is 4.90 Å². The van der Waals surface area contributed by atoms with E-state index in [2.05, 4.69) is 59.2 Å². The van der Waals surface area contributed by atoms with Crippen molar-refractivity contribution < 1.29 is 0 Å². The van der Waals surface area contributed by atoms with Crippen molar-refractivity contribution in [2.24, 2.45) is 13.0 Å². The van der Waals surface area contributed by atoms with Crippen LogP contribution in [0.2, 0.25) is 5.15 Å². The highest BCUT2D eigenvalue weighted by Gasteiger charge is 2.22. The second-order valence-electron chi connectivity index (χ2n) is 7.70. The summed E-state index contributed by atoms with van der Waals surface area (Å²) in [5, 5.41) is 5.26. The third-order valence-electron chi connectivity index (χ3n) is 5.57. The topological polar surface area (TPSA) is 24.3 Å². The summed E-state index contributed by atoms with van der Waals surface area (Å²) >= 11 is 6.50. The number of rotatable bonds is 7. The SMILES string of the molecule is Cc1nn(C)c(Cl)c1CN(CCc1ccccc1)CC1CCN(C)CC1. The number of hydrogen-bond acceptors (Lipinski definition) is 3. The molecular weight excluding hydrogens is 344 g/mol. The summed E-state index contributed by atoms with van der Waals surface area (Å²) in [6, 6.07) is 10.8. The van der Waals surface area contributed by atoms with Crippen LogP contribution in [0.4, 0.5) is 0 Å². The van der Waals surface area contributed by atoms with Crippen LogP contribution in [0.1, 0.15) is 29.7 Å². The maximum Gasteiger partial charge on any atom is 0.131 e. The van der Waals surface area contributed by atoms with Gasteiger partial charge in [-0.3, -0.25) is 9.58 Å². The van der Waals surface area contributed by atoms with E-state index in [1.165, 1.54) is 37.1 Å². The van der Waals surface area contributed by atoms with Gasteiger partial charge in [-0.05, 0) is 57.8 Å². The smallest absolute Gasteiger partial charge is 0.131 e. The number of nitrogens with zero attached hydrogens (tertiary/aromatic N) is 4. The van der Waals surface area contributed by atoms with Gasteiger partial charge in [-0.15, -0.1) is 0 Å². The molecule has 1 aliphatic rings. The first kappa shape index (κ1) is 19.4. The Morgan fingerprint density at radius 2 is 1.85 bits per heavy atom. The third kappa shape index (κ3) is 5.09. The van der Waals surface area contributed by atoms with Gasteiger partial charge in [0.05, 0.1) is 5.69 Å². The highest BCUT2D eigenvalue weighted by molar-refractivity contribution is 6.30. The molecule has 1 aromatic heterocycles. The van der Waals surface area contributed by atoms with Crippen LogP contribution in [-0.4, -0.2) is 52.8 Å². The van der Waals surface area contributed by atoms with Crippen molar-refractivity contribution in [3.63, 3.8) is 0 Å². The van der Waals surface area contributed by atoms with E-state index in [4.69, 9.17) is 11.6 Å². The number of aromatic nitrogens is 2. The van der Waals surface area contributed by atoms with Gasteiger partial charge in [0.2, 0.25) is 0 Å². The molecule has 2 heterocycles. The summed E-state index contributed by atoms with van der Waals surface area (Å²) in [6.45, 7) is 7.57. The fourth-order valence-corrected chi connectivity index (χ4v) is 4.09. The van der Waals surface area contributed by atoms with Gasteiger partial charge in [0.15, 0.2) is 0 Å². The van der Waals surface area contributed by atoms with Crippen LogP contribution in [0.5, 0.6) is 0 Å². The van der Waals surface area contributed by atoms with Crippen molar-refractivity contribution in [3.8, 4) is 0 Å². The van der Waals surface area contributed by atoms with Gasteiger partial charge in [0.1, 0.15) is 5.15 Å². The molecule has 26 heavy (non-hydrogen) atoms. The molecule has 0 N–H and O–H groups in total. The van der Waals surface area contributed by atoms with E-state index in [1.54, 1.807) is 4.68 Å². The molecule has 0 aliphatic carbocycles. The minimum atomic E-state index is 0.774. The van der Waals surface area contributed by atoms with Gasteiger partial charge in [-0.25, -0.2) is 0 Å². The van der Waals surface area contributed by atoms with Gasteiger partial charge in [-0.2, -0.15) is 5.10 Å². The van der Waals surface area contributed by atoms with Crippen molar-refractivity contribution in [1.82, 2.24) is 19.6 Å². The van der Waals surface area contributed by atoms with Crippen molar-refractivity contribution >= 4 is 11.6 Å². The molecule has 0 spiro atoms. The number of piperidine rings is 1. The molecule has 4 nitrogen and oxygen atoms in total. The lowest BCUT2D eigenvalue weighted by Gasteiger charge is -2.33. The molecule has 0 amide bonds. The monoisotopic (exact) mass is 374 g/mol. The summed E-state index contributed by atoms with van der Waals surface area (Å²) in [5.74, 6) is 0.776. The van der Waals surface area contributed by atoms with Crippen molar-refractivity contribution in [2.75, 3.05) is 33.2 Å². The average Bonchev–Trinajstić information content (AvgIpc) is 2.88. The Bertz CT molecular complexity index is 690. The number of aryl methyl sites for hydroxylation is 2. The first-order valence-corrected chi connectivity index (χ1v) is 10.0. The molecule has 142 valence electrons. The van der Waals surface area contributed by atoms with Gasteiger partial charge >= 0.3 is 0 Å². The van der Waals surface area contributed by atoms with Crippen LogP contribution in [0.3, 0.4) is 0 Å². The second kappa shape index (κ2) is 9.03. The fourth-order valence-electron chi connectivity index (χ4n) is 3.85.